The zero-order chi connectivity index (χ0) is 17.4. The van der Waals surface area contributed by atoms with Crippen molar-refractivity contribution in [2.24, 2.45) is 0 Å². The summed E-state index contributed by atoms with van der Waals surface area (Å²) in [6, 6.07) is 14.7. The molecule has 0 aromatic heterocycles. The van der Waals surface area contributed by atoms with E-state index in [1.165, 1.54) is 0 Å². The molecule has 24 heavy (non-hydrogen) atoms. The van der Waals surface area contributed by atoms with Gasteiger partial charge in [0.2, 0.25) is 11.8 Å². The number of anilines is 3. The molecule has 3 N–H and O–H groups in total. The molecule has 0 heterocycles. The van der Waals surface area contributed by atoms with E-state index in [9.17, 15) is 9.59 Å². The third kappa shape index (κ3) is 6.04. The predicted molar refractivity (Wildman–Crippen MR) is 101 cm³/mol. The Hall–Kier alpha value is -2.34. The lowest BCUT2D eigenvalue weighted by Gasteiger charge is -2.09. The van der Waals surface area contributed by atoms with Crippen LogP contribution in [0.15, 0.2) is 53.0 Å². The molecule has 0 aliphatic rings. The van der Waals surface area contributed by atoms with Gasteiger partial charge in [-0.05, 0) is 55.0 Å². The van der Waals surface area contributed by atoms with Crippen LogP contribution < -0.4 is 16.0 Å². The quantitative estimate of drug-likeness (QED) is 0.663. The number of hydrogen-bond donors (Lipinski definition) is 3. The van der Waals surface area contributed by atoms with Gasteiger partial charge in [-0.25, -0.2) is 0 Å². The van der Waals surface area contributed by atoms with Crippen LogP contribution in [0.2, 0.25) is 0 Å². The van der Waals surface area contributed by atoms with Crippen LogP contribution in [-0.2, 0) is 9.59 Å². The average Bonchev–Trinajstić information content (AvgIpc) is 2.56. The van der Waals surface area contributed by atoms with Crippen LogP contribution in [0, 0.1) is 0 Å². The molecule has 126 valence electrons. The fourth-order valence-electron chi connectivity index (χ4n) is 2.04. The van der Waals surface area contributed by atoms with E-state index in [0.29, 0.717) is 12.1 Å². The van der Waals surface area contributed by atoms with Crippen LogP contribution in [0.5, 0.6) is 0 Å². The van der Waals surface area contributed by atoms with E-state index in [1.807, 2.05) is 31.2 Å². The fourth-order valence-corrected chi connectivity index (χ4v) is 2.31. The van der Waals surface area contributed by atoms with Gasteiger partial charge in [0.1, 0.15) is 0 Å². The second-order valence-electron chi connectivity index (χ2n) is 5.28. The fraction of sp³-hybridized carbons (Fsp3) is 0.222. The first kappa shape index (κ1) is 18.0. The van der Waals surface area contributed by atoms with Gasteiger partial charge in [-0.2, -0.15) is 0 Å². The van der Waals surface area contributed by atoms with Gasteiger partial charge in [0.05, 0.1) is 6.54 Å². The molecule has 2 aromatic carbocycles. The Morgan fingerprint density at radius 2 is 1.33 bits per heavy atom. The summed E-state index contributed by atoms with van der Waals surface area (Å²) >= 11 is 3.37. The van der Waals surface area contributed by atoms with Crippen molar-refractivity contribution in [1.29, 1.82) is 0 Å². The van der Waals surface area contributed by atoms with Crippen molar-refractivity contribution in [3.05, 3.63) is 53.0 Å². The number of amides is 2. The van der Waals surface area contributed by atoms with Gasteiger partial charge in [0.25, 0.3) is 0 Å². The number of carbonyl (C=O) groups is 2. The van der Waals surface area contributed by atoms with Crippen molar-refractivity contribution in [1.82, 2.24) is 0 Å². The molecule has 0 aliphatic carbocycles. The van der Waals surface area contributed by atoms with Crippen LogP contribution >= 0.6 is 15.9 Å². The molecular formula is C18H20BrN3O2. The van der Waals surface area contributed by atoms with Gasteiger partial charge in [0.15, 0.2) is 0 Å². The standard InChI is InChI=1S/C18H20BrN3O2/c1-2-3-17(23)21-15-8-10-16(11-9-15)22-18(24)12-20-14-6-4-13(19)5-7-14/h4-11,20H,2-3,12H2,1H3,(H,21,23)(H,22,24). The Morgan fingerprint density at radius 3 is 1.88 bits per heavy atom. The summed E-state index contributed by atoms with van der Waals surface area (Å²) in [5.41, 5.74) is 2.29. The van der Waals surface area contributed by atoms with Crippen molar-refractivity contribution in [3.8, 4) is 0 Å². The second kappa shape index (κ2) is 9.08. The summed E-state index contributed by atoms with van der Waals surface area (Å²) < 4.78 is 0.989. The Morgan fingerprint density at radius 1 is 0.833 bits per heavy atom. The summed E-state index contributed by atoms with van der Waals surface area (Å²) in [4.78, 5) is 23.5. The Bertz CT molecular complexity index is 684. The maximum Gasteiger partial charge on any atom is 0.243 e. The van der Waals surface area contributed by atoms with Crippen LogP contribution in [0.3, 0.4) is 0 Å². The Balaban J connectivity index is 1.81. The number of halogens is 1. The smallest absolute Gasteiger partial charge is 0.243 e. The molecule has 5 nitrogen and oxygen atoms in total. The highest BCUT2D eigenvalue weighted by Crippen LogP contribution is 2.15. The lowest BCUT2D eigenvalue weighted by Crippen LogP contribution is -2.21. The molecule has 2 aromatic rings. The normalized spacial score (nSPS) is 10.1. The molecular weight excluding hydrogens is 370 g/mol. The minimum Gasteiger partial charge on any atom is -0.376 e. The molecule has 0 saturated heterocycles. The van der Waals surface area contributed by atoms with Crippen molar-refractivity contribution >= 4 is 44.8 Å². The zero-order valence-electron chi connectivity index (χ0n) is 13.4. The molecule has 0 fully saturated rings. The first-order chi connectivity index (χ1) is 11.6. The maximum absolute atomic E-state index is 11.9. The molecule has 2 rings (SSSR count). The molecule has 0 atom stereocenters. The molecule has 0 spiro atoms. The van der Waals surface area contributed by atoms with E-state index in [0.717, 1.165) is 22.3 Å². The van der Waals surface area contributed by atoms with Crippen molar-refractivity contribution in [2.45, 2.75) is 19.8 Å². The maximum atomic E-state index is 11.9. The highest BCUT2D eigenvalue weighted by Gasteiger charge is 2.04. The van der Waals surface area contributed by atoms with E-state index in [-0.39, 0.29) is 18.4 Å². The number of carbonyl (C=O) groups excluding carboxylic acids is 2. The molecule has 0 radical (unpaired) electrons. The Kier molecular flexibility index (Phi) is 6.81. The molecule has 0 unspecified atom stereocenters. The van der Waals surface area contributed by atoms with Gasteiger partial charge < -0.3 is 16.0 Å². The Labute approximate surface area is 150 Å². The molecule has 6 heteroatoms. The van der Waals surface area contributed by atoms with E-state index in [1.54, 1.807) is 24.3 Å². The monoisotopic (exact) mass is 389 g/mol. The number of nitrogens with one attached hydrogen (secondary N) is 3. The van der Waals surface area contributed by atoms with Gasteiger partial charge in [-0.3, -0.25) is 9.59 Å². The van der Waals surface area contributed by atoms with Crippen LogP contribution in [0.4, 0.5) is 17.1 Å². The number of benzene rings is 2. The van der Waals surface area contributed by atoms with E-state index in [4.69, 9.17) is 0 Å². The summed E-state index contributed by atoms with van der Waals surface area (Å²) in [5, 5.41) is 8.67. The van der Waals surface area contributed by atoms with Crippen molar-refractivity contribution in [3.63, 3.8) is 0 Å². The average molecular weight is 390 g/mol. The summed E-state index contributed by atoms with van der Waals surface area (Å²) in [6.45, 7) is 2.14. The number of hydrogen-bond acceptors (Lipinski definition) is 3. The van der Waals surface area contributed by atoms with Gasteiger partial charge >= 0.3 is 0 Å². The summed E-state index contributed by atoms with van der Waals surface area (Å²) in [5.74, 6) is -0.145. The van der Waals surface area contributed by atoms with E-state index >= 15 is 0 Å². The lowest BCUT2D eigenvalue weighted by molar-refractivity contribution is -0.116. The van der Waals surface area contributed by atoms with Crippen molar-refractivity contribution in [2.75, 3.05) is 22.5 Å². The molecule has 0 saturated carbocycles. The first-order valence-electron chi connectivity index (χ1n) is 7.76. The lowest BCUT2D eigenvalue weighted by atomic mass is 10.2. The summed E-state index contributed by atoms with van der Waals surface area (Å²) in [7, 11) is 0. The second-order valence-corrected chi connectivity index (χ2v) is 6.20. The third-order valence-corrected chi connectivity index (χ3v) is 3.76. The van der Waals surface area contributed by atoms with Gasteiger partial charge in [-0.15, -0.1) is 0 Å². The minimum atomic E-state index is -0.138. The van der Waals surface area contributed by atoms with Gasteiger partial charge in [-0.1, -0.05) is 22.9 Å². The highest BCUT2D eigenvalue weighted by molar-refractivity contribution is 9.10. The topological polar surface area (TPSA) is 70.2 Å². The molecule has 2 amide bonds. The minimum absolute atomic E-state index is 0.00650. The molecule has 0 aliphatic heterocycles. The predicted octanol–water partition coefficient (Wildman–Crippen LogP) is 4.24. The van der Waals surface area contributed by atoms with Crippen LogP contribution in [-0.4, -0.2) is 18.4 Å². The SMILES string of the molecule is CCCC(=O)Nc1ccc(NC(=O)CNc2ccc(Br)cc2)cc1. The largest absolute Gasteiger partial charge is 0.376 e. The van der Waals surface area contributed by atoms with Gasteiger partial charge in [0, 0.05) is 28.0 Å². The van der Waals surface area contributed by atoms with Crippen LogP contribution in [0.1, 0.15) is 19.8 Å². The summed E-state index contributed by atoms with van der Waals surface area (Å²) in [6.07, 6.45) is 1.31. The number of rotatable bonds is 7. The van der Waals surface area contributed by atoms with E-state index in [2.05, 4.69) is 31.9 Å². The first-order valence-corrected chi connectivity index (χ1v) is 8.55. The van der Waals surface area contributed by atoms with E-state index < -0.39 is 0 Å². The van der Waals surface area contributed by atoms with Crippen molar-refractivity contribution < 1.29 is 9.59 Å². The molecule has 0 bridgehead atoms. The zero-order valence-corrected chi connectivity index (χ0v) is 15.0. The third-order valence-electron chi connectivity index (χ3n) is 3.23. The van der Waals surface area contributed by atoms with Crippen LogP contribution in [0.25, 0.3) is 0 Å². The highest BCUT2D eigenvalue weighted by atomic mass is 79.9.